The van der Waals surface area contributed by atoms with Crippen LogP contribution in [-0.4, -0.2) is 112 Å². The first-order chi connectivity index (χ1) is 29.3. The van der Waals surface area contributed by atoms with E-state index in [1.165, 1.54) is 16.7 Å². The van der Waals surface area contributed by atoms with Crippen LogP contribution in [-0.2, 0) is 28.6 Å². The van der Waals surface area contributed by atoms with Crippen LogP contribution in [0.15, 0.2) is 103 Å². The first-order valence-corrected chi connectivity index (χ1v) is 20.4. The monoisotopic (exact) mass is 816 g/mol. The fraction of sp³-hybridized carbons (Fsp3) is 0.340. The molecule has 314 valence electrons. The molecule has 2 aliphatic rings. The second kappa shape index (κ2) is 21.7. The van der Waals surface area contributed by atoms with E-state index < -0.39 is 29.7 Å². The number of ether oxygens (including phenoxy) is 4. The molecule has 0 bridgehead atoms. The molecule has 1 saturated heterocycles. The lowest BCUT2D eigenvalue weighted by Gasteiger charge is -2.27. The third-order valence-corrected chi connectivity index (χ3v) is 10.3. The average Bonchev–Trinajstić information content (AvgIpc) is 3.52. The Morgan fingerprint density at radius 1 is 0.733 bits per heavy atom. The van der Waals surface area contributed by atoms with Gasteiger partial charge in [-0.2, -0.15) is 0 Å². The van der Waals surface area contributed by atoms with Crippen molar-refractivity contribution in [3.05, 3.63) is 131 Å². The van der Waals surface area contributed by atoms with Gasteiger partial charge in [-0.25, -0.2) is 0 Å². The van der Waals surface area contributed by atoms with Gasteiger partial charge >= 0.3 is 0 Å². The predicted octanol–water partition coefficient (Wildman–Crippen LogP) is 5.85. The van der Waals surface area contributed by atoms with Gasteiger partial charge < -0.3 is 29.2 Å². The van der Waals surface area contributed by atoms with E-state index in [1.54, 1.807) is 30.1 Å². The number of likely N-dealkylation sites (N-methyl/N-ethyl adjacent to an activating group) is 1. The summed E-state index contributed by atoms with van der Waals surface area (Å²) in [6.07, 6.45) is 1.29. The lowest BCUT2D eigenvalue weighted by Crippen LogP contribution is -2.54. The van der Waals surface area contributed by atoms with Gasteiger partial charge in [-0.3, -0.25) is 34.2 Å². The summed E-state index contributed by atoms with van der Waals surface area (Å²) in [5.74, 6) is -1.49. The standard InChI is InChI=1S/C47H52N4O9/c1-3-37(33-11-6-4-7-12-33)43(34-13-8-5-9-14-34)35-17-19-36(20-18-35)60-28-25-50(2)42(53)23-26-57-29-31-59-32-30-58-27-24-48-39-16-10-15-38-44(39)47(56)51(46(38)55)40-21-22-41(52)49-45(40)54/h4-20,40,48H,3,21-32H2,1-2H3,(H,49,52,54)/b43-37-. The van der Waals surface area contributed by atoms with Crippen molar-refractivity contribution in [3.63, 3.8) is 0 Å². The van der Waals surface area contributed by atoms with Crippen LogP contribution < -0.4 is 15.4 Å². The van der Waals surface area contributed by atoms with Crippen LogP contribution in [0.5, 0.6) is 5.75 Å². The summed E-state index contributed by atoms with van der Waals surface area (Å²) in [6, 6.07) is 32.9. The lowest BCUT2D eigenvalue weighted by molar-refractivity contribution is -0.136. The highest BCUT2D eigenvalue weighted by molar-refractivity contribution is 6.25. The first kappa shape index (κ1) is 43.4. The van der Waals surface area contributed by atoms with Crippen LogP contribution in [0.4, 0.5) is 5.69 Å². The number of hydrogen-bond acceptors (Lipinski definition) is 10. The Bertz CT molecular complexity index is 2140. The Kier molecular flexibility index (Phi) is 15.7. The van der Waals surface area contributed by atoms with Gasteiger partial charge in [0.1, 0.15) is 18.4 Å². The molecule has 6 rings (SSSR count). The number of anilines is 1. The van der Waals surface area contributed by atoms with Crippen LogP contribution in [0, 0.1) is 0 Å². The summed E-state index contributed by atoms with van der Waals surface area (Å²) in [5, 5.41) is 5.34. The van der Waals surface area contributed by atoms with Crippen LogP contribution in [0.1, 0.15) is 70.0 Å². The molecule has 0 aliphatic carbocycles. The molecule has 13 nitrogen and oxygen atoms in total. The van der Waals surface area contributed by atoms with Crippen molar-refractivity contribution < 1.29 is 42.9 Å². The molecule has 0 radical (unpaired) electrons. The number of hydrogen-bond donors (Lipinski definition) is 2. The van der Waals surface area contributed by atoms with Gasteiger partial charge in [-0.15, -0.1) is 0 Å². The molecule has 5 amide bonds. The fourth-order valence-electron chi connectivity index (χ4n) is 7.24. The molecule has 1 fully saturated rings. The minimum atomic E-state index is -1.02. The maximum Gasteiger partial charge on any atom is 0.264 e. The lowest BCUT2D eigenvalue weighted by atomic mass is 9.88. The van der Waals surface area contributed by atoms with Gasteiger partial charge in [0, 0.05) is 25.7 Å². The second-order valence-corrected chi connectivity index (χ2v) is 14.3. The van der Waals surface area contributed by atoms with E-state index in [-0.39, 0.29) is 42.9 Å². The normalized spacial score (nSPS) is 15.4. The maximum absolute atomic E-state index is 13.2. The van der Waals surface area contributed by atoms with Gasteiger partial charge in [0.15, 0.2) is 0 Å². The Labute approximate surface area is 350 Å². The summed E-state index contributed by atoms with van der Waals surface area (Å²) >= 11 is 0. The predicted molar refractivity (Wildman–Crippen MR) is 227 cm³/mol. The van der Waals surface area contributed by atoms with Crippen molar-refractivity contribution in [2.75, 3.05) is 71.7 Å². The van der Waals surface area contributed by atoms with E-state index >= 15 is 0 Å². The average molecular weight is 817 g/mol. The zero-order valence-electron chi connectivity index (χ0n) is 34.2. The molecular weight excluding hydrogens is 765 g/mol. The van der Waals surface area contributed by atoms with Crippen molar-refractivity contribution in [2.24, 2.45) is 0 Å². The minimum Gasteiger partial charge on any atom is -0.492 e. The summed E-state index contributed by atoms with van der Waals surface area (Å²) in [5.41, 5.74) is 6.83. The van der Waals surface area contributed by atoms with E-state index in [0.29, 0.717) is 58.4 Å². The molecule has 4 aromatic carbocycles. The molecule has 2 heterocycles. The van der Waals surface area contributed by atoms with Gasteiger partial charge in [0.2, 0.25) is 17.7 Å². The number of allylic oxidation sites excluding steroid dienone is 1. The molecule has 60 heavy (non-hydrogen) atoms. The minimum absolute atomic E-state index is 0.0365. The highest BCUT2D eigenvalue weighted by Gasteiger charge is 2.45. The topological polar surface area (TPSA) is 153 Å². The van der Waals surface area contributed by atoms with Crippen LogP contribution in [0.2, 0.25) is 0 Å². The van der Waals surface area contributed by atoms with Crippen molar-refractivity contribution >= 4 is 46.4 Å². The number of piperidine rings is 1. The quantitative estimate of drug-likeness (QED) is 0.0562. The number of benzene rings is 4. The van der Waals surface area contributed by atoms with Crippen molar-refractivity contribution in [3.8, 4) is 5.75 Å². The number of imide groups is 2. The van der Waals surface area contributed by atoms with Gasteiger partial charge in [0.25, 0.3) is 11.8 Å². The Morgan fingerprint density at radius 3 is 2.03 bits per heavy atom. The summed E-state index contributed by atoms with van der Waals surface area (Å²) in [4.78, 5) is 65.4. The number of carbonyl (C=O) groups is 5. The van der Waals surface area contributed by atoms with Gasteiger partial charge in [-0.05, 0) is 64.9 Å². The molecule has 0 spiro atoms. The second-order valence-electron chi connectivity index (χ2n) is 14.3. The summed E-state index contributed by atoms with van der Waals surface area (Å²) < 4.78 is 22.8. The molecule has 2 aliphatic heterocycles. The third-order valence-electron chi connectivity index (χ3n) is 10.3. The van der Waals surface area contributed by atoms with E-state index in [9.17, 15) is 24.0 Å². The Balaban J connectivity index is 0.820. The Hall–Kier alpha value is -6.15. The third kappa shape index (κ3) is 11.1. The van der Waals surface area contributed by atoms with Gasteiger partial charge in [-0.1, -0.05) is 85.8 Å². The Morgan fingerprint density at radius 2 is 1.37 bits per heavy atom. The van der Waals surface area contributed by atoms with E-state index in [0.717, 1.165) is 28.2 Å². The highest BCUT2D eigenvalue weighted by Crippen LogP contribution is 2.35. The number of nitrogens with zero attached hydrogens (tertiary/aromatic N) is 2. The zero-order valence-corrected chi connectivity index (χ0v) is 34.2. The highest BCUT2D eigenvalue weighted by atomic mass is 16.5. The van der Waals surface area contributed by atoms with Gasteiger partial charge in [0.05, 0.1) is 63.7 Å². The SMILES string of the molecule is CC/C(=C(\c1ccccc1)c1ccc(OCCN(C)C(=O)CCOCCOCCOCCNc2cccc3c2C(=O)N(C2CCC(=O)NC2=O)C3=O)cc1)c1ccccc1. The zero-order chi connectivity index (χ0) is 42.3. The molecular formula is C47H52N4O9. The van der Waals surface area contributed by atoms with E-state index in [2.05, 4.69) is 78.2 Å². The van der Waals surface area contributed by atoms with Crippen molar-refractivity contribution in [1.82, 2.24) is 15.1 Å². The maximum atomic E-state index is 13.2. The fourth-order valence-corrected chi connectivity index (χ4v) is 7.24. The molecule has 0 aromatic heterocycles. The smallest absolute Gasteiger partial charge is 0.264 e. The number of rotatable bonds is 22. The molecule has 4 aromatic rings. The largest absolute Gasteiger partial charge is 0.492 e. The number of fused-ring (bicyclic) bond motifs is 1. The number of amides is 5. The van der Waals surface area contributed by atoms with Crippen molar-refractivity contribution in [1.29, 1.82) is 0 Å². The summed E-state index contributed by atoms with van der Waals surface area (Å²) in [7, 11) is 1.75. The van der Waals surface area contributed by atoms with E-state index in [1.807, 2.05) is 24.3 Å². The number of carbonyl (C=O) groups excluding carboxylic acids is 5. The van der Waals surface area contributed by atoms with Crippen molar-refractivity contribution in [2.45, 2.75) is 38.6 Å². The van der Waals surface area contributed by atoms with Crippen LogP contribution in [0.3, 0.4) is 0 Å². The van der Waals surface area contributed by atoms with Crippen LogP contribution >= 0.6 is 0 Å². The van der Waals surface area contributed by atoms with Crippen LogP contribution in [0.25, 0.3) is 11.1 Å². The number of nitrogens with one attached hydrogen (secondary N) is 2. The first-order valence-electron chi connectivity index (χ1n) is 20.4. The molecule has 1 atom stereocenters. The molecule has 1 unspecified atom stereocenters. The molecule has 2 N–H and O–H groups in total. The molecule has 13 heteroatoms. The summed E-state index contributed by atoms with van der Waals surface area (Å²) in [6.45, 7) is 5.32. The molecule has 0 saturated carbocycles. The van der Waals surface area contributed by atoms with E-state index in [4.69, 9.17) is 18.9 Å².